The number of methoxy groups -OCH3 is 1. The molecule has 0 radical (unpaired) electrons. The summed E-state index contributed by atoms with van der Waals surface area (Å²) in [5.41, 5.74) is 2.01. The Hall–Kier alpha value is -2.38. The minimum atomic E-state index is -0.217. The quantitative estimate of drug-likeness (QED) is 0.700. The van der Waals surface area contributed by atoms with E-state index in [0.717, 1.165) is 60.4 Å². The van der Waals surface area contributed by atoms with E-state index in [4.69, 9.17) is 4.74 Å². The summed E-state index contributed by atoms with van der Waals surface area (Å²) in [7, 11) is 1.72. The number of para-hydroxylation sites is 2. The monoisotopic (exact) mass is 386 g/mol. The summed E-state index contributed by atoms with van der Waals surface area (Å²) in [5, 5.41) is 4.22. The minimum absolute atomic E-state index is 0.217. The first kappa shape index (κ1) is 18.0. The Balaban J connectivity index is 1.27. The van der Waals surface area contributed by atoms with E-state index in [1.165, 1.54) is 29.2 Å². The molecule has 3 aromatic rings. The van der Waals surface area contributed by atoms with Crippen molar-refractivity contribution in [3.63, 3.8) is 0 Å². The number of hydrogen-bond donors (Lipinski definition) is 1. The maximum absolute atomic E-state index is 13.3. The first-order valence-electron chi connectivity index (χ1n) is 9.13. The van der Waals surface area contributed by atoms with Crippen LogP contribution in [0.3, 0.4) is 0 Å². The van der Waals surface area contributed by atoms with E-state index >= 15 is 0 Å². The van der Waals surface area contributed by atoms with Crippen LogP contribution in [-0.2, 0) is 0 Å². The van der Waals surface area contributed by atoms with E-state index in [-0.39, 0.29) is 5.82 Å². The molecule has 1 aliphatic rings. The average molecular weight is 386 g/mol. The molecule has 142 valence electrons. The lowest BCUT2D eigenvalue weighted by Crippen LogP contribution is -2.47. The molecule has 1 aliphatic heterocycles. The zero-order chi connectivity index (χ0) is 18.6. The zero-order valence-electron chi connectivity index (χ0n) is 15.3. The van der Waals surface area contributed by atoms with E-state index in [2.05, 4.69) is 32.2 Å². The Kier molecular flexibility index (Phi) is 5.40. The van der Waals surface area contributed by atoms with Crippen LogP contribution in [0.5, 0.6) is 5.75 Å². The summed E-state index contributed by atoms with van der Waals surface area (Å²) in [6, 6.07) is 12.9. The predicted octanol–water partition coefficient (Wildman–Crippen LogP) is 3.68. The fourth-order valence-corrected chi connectivity index (χ4v) is 4.31. The first-order valence-corrected chi connectivity index (χ1v) is 9.95. The molecule has 1 N–H and O–H groups in total. The summed E-state index contributed by atoms with van der Waals surface area (Å²) in [6.45, 7) is 5.80. The topological polar surface area (TPSA) is 40.6 Å². The number of rotatable bonds is 6. The van der Waals surface area contributed by atoms with E-state index in [0.29, 0.717) is 0 Å². The van der Waals surface area contributed by atoms with Gasteiger partial charge in [-0.15, -0.1) is 0 Å². The van der Waals surface area contributed by atoms with Gasteiger partial charge in [-0.05, 0) is 30.3 Å². The number of nitrogens with one attached hydrogen (secondary N) is 1. The lowest BCUT2D eigenvalue weighted by molar-refractivity contribution is 0.266. The molecule has 1 fully saturated rings. The number of hydrogen-bond acceptors (Lipinski definition) is 6. The largest absolute Gasteiger partial charge is 0.495 e. The Bertz CT molecular complexity index is 908. The molecular formula is C20H23FN4OS. The molecule has 7 heteroatoms. The Morgan fingerprint density at radius 2 is 1.96 bits per heavy atom. The van der Waals surface area contributed by atoms with Gasteiger partial charge in [0.25, 0.3) is 0 Å². The highest BCUT2D eigenvalue weighted by molar-refractivity contribution is 7.22. The number of fused-ring (bicyclic) bond motifs is 1. The van der Waals surface area contributed by atoms with Crippen LogP contribution in [0.1, 0.15) is 0 Å². The minimum Gasteiger partial charge on any atom is -0.495 e. The molecule has 0 spiro atoms. The predicted molar refractivity (Wildman–Crippen MR) is 110 cm³/mol. The molecule has 0 atom stereocenters. The number of thiazole rings is 1. The average Bonchev–Trinajstić information content (AvgIpc) is 3.10. The van der Waals surface area contributed by atoms with Crippen molar-refractivity contribution in [3.8, 4) is 5.75 Å². The van der Waals surface area contributed by atoms with Crippen molar-refractivity contribution in [2.45, 2.75) is 0 Å². The van der Waals surface area contributed by atoms with Crippen LogP contribution >= 0.6 is 11.3 Å². The van der Waals surface area contributed by atoms with Crippen LogP contribution in [0.25, 0.3) is 10.2 Å². The van der Waals surface area contributed by atoms with Crippen LogP contribution in [0, 0.1) is 5.82 Å². The summed E-state index contributed by atoms with van der Waals surface area (Å²) in [5.74, 6) is 0.713. The summed E-state index contributed by atoms with van der Waals surface area (Å²) in [4.78, 5) is 9.34. The molecular weight excluding hydrogens is 363 g/mol. The van der Waals surface area contributed by atoms with Crippen molar-refractivity contribution in [2.75, 3.05) is 56.6 Å². The van der Waals surface area contributed by atoms with E-state index in [1.54, 1.807) is 13.2 Å². The summed E-state index contributed by atoms with van der Waals surface area (Å²) < 4.78 is 19.6. The van der Waals surface area contributed by atoms with Crippen molar-refractivity contribution in [2.24, 2.45) is 0 Å². The number of ether oxygens (including phenoxy) is 1. The van der Waals surface area contributed by atoms with Crippen LogP contribution in [0.2, 0.25) is 0 Å². The van der Waals surface area contributed by atoms with Gasteiger partial charge in [-0.2, -0.15) is 0 Å². The smallest absolute Gasteiger partial charge is 0.183 e. The number of aromatic nitrogens is 1. The maximum atomic E-state index is 13.3. The van der Waals surface area contributed by atoms with Gasteiger partial charge in [0.15, 0.2) is 5.13 Å². The highest BCUT2D eigenvalue weighted by atomic mass is 32.1. The zero-order valence-corrected chi connectivity index (χ0v) is 16.1. The molecule has 0 aliphatic carbocycles. The number of benzene rings is 2. The molecule has 1 aromatic heterocycles. The maximum Gasteiger partial charge on any atom is 0.183 e. The van der Waals surface area contributed by atoms with Crippen LogP contribution < -0.4 is 15.0 Å². The third-order valence-corrected chi connectivity index (χ3v) is 5.83. The highest BCUT2D eigenvalue weighted by Gasteiger charge is 2.19. The lowest BCUT2D eigenvalue weighted by Gasteiger charge is -2.36. The Labute approximate surface area is 162 Å². The van der Waals surface area contributed by atoms with Gasteiger partial charge in [0, 0.05) is 39.3 Å². The number of anilines is 2. The fourth-order valence-electron chi connectivity index (χ4n) is 3.40. The molecule has 0 bridgehead atoms. The van der Waals surface area contributed by atoms with E-state index < -0.39 is 0 Å². The van der Waals surface area contributed by atoms with E-state index in [9.17, 15) is 4.39 Å². The van der Waals surface area contributed by atoms with Crippen molar-refractivity contribution >= 4 is 32.4 Å². The SMILES string of the molecule is COc1ccccc1N1CCN(CCNc2nc3ccc(F)cc3s2)CC1. The van der Waals surface area contributed by atoms with Crippen molar-refractivity contribution in [1.82, 2.24) is 9.88 Å². The summed E-state index contributed by atoms with van der Waals surface area (Å²) >= 11 is 1.50. The van der Waals surface area contributed by atoms with Crippen LogP contribution in [0.15, 0.2) is 42.5 Å². The van der Waals surface area contributed by atoms with Gasteiger partial charge in [0.05, 0.1) is 23.0 Å². The van der Waals surface area contributed by atoms with Crippen molar-refractivity contribution in [1.29, 1.82) is 0 Å². The van der Waals surface area contributed by atoms with Gasteiger partial charge in [0.2, 0.25) is 0 Å². The second kappa shape index (κ2) is 8.10. The van der Waals surface area contributed by atoms with Gasteiger partial charge < -0.3 is 15.0 Å². The molecule has 2 heterocycles. The number of nitrogens with zero attached hydrogens (tertiary/aromatic N) is 3. The van der Waals surface area contributed by atoms with Gasteiger partial charge in [-0.1, -0.05) is 23.5 Å². The molecule has 0 saturated carbocycles. The summed E-state index contributed by atoms with van der Waals surface area (Å²) in [6.07, 6.45) is 0. The molecule has 1 saturated heterocycles. The third kappa shape index (κ3) is 4.14. The van der Waals surface area contributed by atoms with Crippen LogP contribution in [0.4, 0.5) is 15.2 Å². The second-order valence-corrected chi connectivity index (χ2v) is 7.59. The Morgan fingerprint density at radius 1 is 1.15 bits per heavy atom. The molecule has 27 heavy (non-hydrogen) atoms. The normalized spacial score (nSPS) is 15.3. The number of piperazine rings is 1. The van der Waals surface area contributed by atoms with Crippen LogP contribution in [-0.4, -0.2) is 56.3 Å². The second-order valence-electron chi connectivity index (χ2n) is 6.56. The number of halogens is 1. The van der Waals surface area contributed by atoms with Gasteiger partial charge in [0.1, 0.15) is 11.6 Å². The lowest BCUT2D eigenvalue weighted by atomic mass is 10.2. The molecule has 2 aromatic carbocycles. The molecule has 0 unspecified atom stereocenters. The Morgan fingerprint density at radius 3 is 2.78 bits per heavy atom. The first-order chi connectivity index (χ1) is 13.2. The molecule has 4 rings (SSSR count). The fraction of sp³-hybridized carbons (Fsp3) is 0.350. The third-order valence-electron chi connectivity index (χ3n) is 4.85. The standard InChI is InChI=1S/C20H23FN4OS/c1-26-18-5-3-2-4-17(18)25-12-10-24(11-13-25)9-8-22-20-23-16-7-6-15(21)14-19(16)27-20/h2-7,14H,8-13H2,1H3,(H,22,23). The van der Waals surface area contributed by atoms with E-state index in [1.807, 2.05) is 12.1 Å². The van der Waals surface area contributed by atoms with Crippen molar-refractivity contribution < 1.29 is 9.13 Å². The molecule has 5 nitrogen and oxygen atoms in total. The van der Waals surface area contributed by atoms with Gasteiger partial charge in [-0.25, -0.2) is 9.37 Å². The molecule has 0 amide bonds. The van der Waals surface area contributed by atoms with Crippen molar-refractivity contribution in [3.05, 3.63) is 48.3 Å². The highest BCUT2D eigenvalue weighted by Crippen LogP contribution is 2.28. The van der Waals surface area contributed by atoms with Gasteiger partial charge in [-0.3, -0.25) is 4.90 Å². The van der Waals surface area contributed by atoms with Gasteiger partial charge >= 0.3 is 0 Å².